The standard InChI is InChI=1S/C34H37N3O6S2/c38-16-15-37-34(28-10-9-23(45(41,42)43)19-31(28)44(37,39)40)29-17-21-5-1-11-35-13-3-7-24(32(21)35)26(29)20-27-25-8-4-14-36-12-2-6-22(33(25)36)18-30(27)34/h9-10,17-19,38H,1-8,11-16,20H2,(H,41,42,43). The largest absolute Gasteiger partial charge is 0.395 e. The van der Waals surface area contributed by atoms with E-state index in [-0.39, 0.29) is 18.0 Å². The minimum atomic E-state index is -4.65. The predicted octanol–water partition coefficient (Wildman–Crippen LogP) is 3.52. The number of aliphatic hydroxyl groups excluding tert-OH is 1. The SMILES string of the molecule is O=S(=O)(O)c1ccc2c(c1)S(=O)(=O)N(CCO)C21c2cc3c4c(c2Cc2c1cc1c5c2CCCN5CCC1)CCCN4CCC3. The van der Waals surface area contributed by atoms with Gasteiger partial charge >= 0.3 is 0 Å². The van der Waals surface area contributed by atoms with Crippen LogP contribution in [-0.2, 0) is 57.8 Å². The molecule has 3 aromatic carbocycles. The van der Waals surface area contributed by atoms with E-state index in [1.54, 1.807) is 6.07 Å². The minimum absolute atomic E-state index is 0.120. The van der Waals surface area contributed by atoms with Crippen molar-refractivity contribution in [3.63, 3.8) is 0 Å². The molecule has 1 spiro atoms. The fourth-order valence-electron chi connectivity index (χ4n) is 9.77. The van der Waals surface area contributed by atoms with Gasteiger partial charge in [0, 0.05) is 49.7 Å². The highest BCUT2D eigenvalue weighted by atomic mass is 32.2. The molecule has 0 unspecified atom stereocenters. The number of hydrogen-bond donors (Lipinski definition) is 2. The molecule has 0 radical (unpaired) electrons. The first-order chi connectivity index (χ1) is 21.7. The summed E-state index contributed by atoms with van der Waals surface area (Å²) in [5.74, 6) is 0. The monoisotopic (exact) mass is 647 g/mol. The van der Waals surface area contributed by atoms with Gasteiger partial charge in [0.2, 0.25) is 10.0 Å². The van der Waals surface area contributed by atoms with Gasteiger partial charge in [-0.25, -0.2) is 8.42 Å². The van der Waals surface area contributed by atoms with Gasteiger partial charge in [-0.2, -0.15) is 12.7 Å². The molecule has 0 atom stereocenters. The third-order valence-electron chi connectivity index (χ3n) is 11.3. The number of anilines is 2. The third-order valence-corrected chi connectivity index (χ3v) is 14.1. The fourth-order valence-corrected chi connectivity index (χ4v) is 12.3. The second-order valence-electron chi connectivity index (χ2n) is 13.5. The van der Waals surface area contributed by atoms with Crippen molar-refractivity contribution in [3.8, 4) is 0 Å². The van der Waals surface area contributed by atoms with Crippen molar-refractivity contribution in [1.82, 2.24) is 4.31 Å². The van der Waals surface area contributed by atoms with Crippen molar-refractivity contribution in [3.05, 3.63) is 80.4 Å². The van der Waals surface area contributed by atoms with E-state index in [1.807, 2.05) is 0 Å². The zero-order chi connectivity index (χ0) is 30.9. The van der Waals surface area contributed by atoms with Gasteiger partial charge in [-0.05, 0) is 114 Å². The van der Waals surface area contributed by atoms with Crippen LogP contribution in [0.25, 0.3) is 0 Å². The Kier molecular flexibility index (Phi) is 6.00. The molecule has 0 saturated carbocycles. The lowest BCUT2D eigenvalue weighted by atomic mass is 9.64. The molecule has 0 bridgehead atoms. The molecule has 236 valence electrons. The summed E-state index contributed by atoms with van der Waals surface area (Å²) in [6.07, 6.45) is 8.58. The summed E-state index contributed by atoms with van der Waals surface area (Å²) in [5, 5.41) is 10.4. The van der Waals surface area contributed by atoms with E-state index in [0.717, 1.165) is 101 Å². The molecule has 5 aliphatic heterocycles. The number of β-amino-alcohol motifs (C(OH)–C–C–N with tert-alkyl or cyclic N) is 1. The number of sulfonamides is 1. The van der Waals surface area contributed by atoms with Crippen LogP contribution in [0.3, 0.4) is 0 Å². The lowest BCUT2D eigenvalue weighted by Crippen LogP contribution is -2.50. The van der Waals surface area contributed by atoms with Crippen molar-refractivity contribution in [2.45, 2.75) is 73.1 Å². The molecule has 3 aromatic rings. The second-order valence-corrected chi connectivity index (χ2v) is 16.7. The predicted molar refractivity (Wildman–Crippen MR) is 171 cm³/mol. The van der Waals surface area contributed by atoms with Crippen molar-refractivity contribution >= 4 is 31.5 Å². The number of rotatable bonds is 3. The average molecular weight is 648 g/mol. The highest BCUT2D eigenvalue weighted by Gasteiger charge is 2.60. The van der Waals surface area contributed by atoms with Crippen molar-refractivity contribution < 1.29 is 26.5 Å². The number of nitrogens with zero attached hydrogens (tertiary/aromatic N) is 3. The lowest BCUT2D eigenvalue weighted by Gasteiger charge is -2.49. The average Bonchev–Trinajstić information content (AvgIpc) is 3.22. The van der Waals surface area contributed by atoms with E-state index < -0.39 is 30.6 Å². The van der Waals surface area contributed by atoms with E-state index in [9.17, 15) is 26.5 Å². The Morgan fingerprint density at radius 2 is 1.27 bits per heavy atom. The number of benzene rings is 3. The molecule has 6 aliphatic rings. The molecule has 0 saturated heterocycles. The van der Waals surface area contributed by atoms with Crippen LogP contribution in [0.15, 0.2) is 40.1 Å². The zero-order valence-corrected chi connectivity index (χ0v) is 26.8. The van der Waals surface area contributed by atoms with Crippen LogP contribution < -0.4 is 9.80 Å². The van der Waals surface area contributed by atoms with Crippen molar-refractivity contribution in [2.24, 2.45) is 0 Å². The van der Waals surface area contributed by atoms with Gasteiger partial charge in [-0.3, -0.25) is 4.55 Å². The molecular formula is C34H37N3O6S2. The summed E-state index contributed by atoms with van der Waals surface area (Å²) in [6, 6.07) is 8.54. The van der Waals surface area contributed by atoms with Gasteiger partial charge in [-0.15, -0.1) is 0 Å². The summed E-state index contributed by atoms with van der Waals surface area (Å²) in [6.45, 7) is 3.58. The molecular weight excluding hydrogens is 611 g/mol. The molecule has 9 rings (SSSR count). The molecule has 0 amide bonds. The zero-order valence-electron chi connectivity index (χ0n) is 25.2. The topological polar surface area (TPSA) is 118 Å². The molecule has 0 fully saturated rings. The molecule has 11 heteroatoms. The number of fused-ring (bicyclic) bond motifs is 8. The fraction of sp³-hybridized carbons (Fsp3) is 0.471. The summed E-state index contributed by atoms with van der Waals surface area (Å²) in [4.78, 5) is 4.46. The maximum absolute atomic E-state index is 14.7. The quantitative estimate of drug-likeness (QED) is 0.415. The van der Waals surface area contributed by atoms with Crippen LogP contribution in [0.4, 0.5) is 11.4 Å². The number of hydrogen-bond acceptors (Lipinski definition) is 7. The Morgan fingerprint density at radius 3 is 1.78 bits per heavy atom. The molecule has 0 aromatic heterocycles. The van der Waals surface area contributed by atoms with Gasteiger partial charge in [0.05, 0.1) is 16.4 Å². The summed E-state index contributed by atoms with van der Waals surface area (Å²) >= 11 is 0. The van der Waals surface area contributed by atoms with Crippen LogP contribution in [0, 0.1) is 0 Å². The van der Waals surface area contributed by atoms with Gasteiger partial charge in [0.25, 0.3) is 10.1 Å². The van der Waals surface area contributed by atoms with Gasteiger partial charge in [-0.1, -0.05) is 18.2 Å². The van der Waals surface area contributed by atoms with E-state index in [0.29, 0.717) is 5.56 Å². The van der Waals surface area contributed by atoms with Crippen LogP contribution in [0.5, 0.6) is 0 Å². The highest BCUT2D eigenvalue weighted by molar-refractivity contribution is 7.89. The Hall–Kier alpha value is -2.96. The highest BCUT2D eigenvalue weighted by Crippen LogP contribution is 2.60. The first kappa shape index (κ1) is 28.3. The number of aryl methyl sites for hydroxylation is 2. The summed E-state index contributed by atoms with van der Waals surface area (Å²) < 4.78 is 65.3. The van der Waals surface area contributed by atoms with Crippen LogP contribution >= 0.6 is 0 Å². The second kappa shape index (κ2) is 9.54. The molecule has 5 heterocycles. The van der Waals surface area contributed by atoms with Crippen LogP contribution in [0.2, 0.25) is 0 Å². The van der Waals surface area contributed by atoms with Gasteiger partial charge in [0.15, 0.2) is 0 Å². The van der Waals surface area contributed by atoms with Gasteiger partial charge in [0.1, 0.15) is 5.54 Å². The smallest absolute Gasteiger partial charge is 0.294 e. The maximum atomic E-state index is 14.7. The number of aliphatic hydroxyl groups is 1. The Morgan fingerprint density at radius 1 is 0.733 bits per heavy atom. The Labute approximate surface area is 264 Å². The minimum Gasteiger partial charge on any atom is -0.395 e. The van der Waals surface area contributed by atoms with E-state index in [4.69, 9.17) is 0 Å². The summed E-state index contributed by atoms with van der Waals surface area (Å²) in [7, 11) is -8.94. The Balaban J connectivity index is 1.46. The van der Waals surface area contributed by atoms with E-state index >= 15 is 0 Å². The van der Waals surface area contributed by atoms with Crippen molar-refractivity contribution in [1.29, 1.82) is 0 Å². The van der Waals surface area contributed by atoms with Crippen LogP contribution in [0.1, 0.15) is 75.8 Å². The van der Waals surface area contributed by atoms with Gasteiger partial charge < -0.3 is 14.9 Å². The first-order valence-corrected chi connectivity index (χ1v) is 19.2. The first-order valence-electron chi connectivity index (χ1n) is 16.3. The Bertz CT molecular complexity index is 1960. The maximum Gasteiger partial charge on any atom is 0.294 e. The molecule has 9 nitrogen and oxygen atoms in total. The molecule has 1 aliphatic carbocycles. The third kappa shape index (κ3) is 3.64. The van der Waals surface area contributed by atoms with E-state index in [1.165, 1.54) is 55.1 Å². The lowest BCUT2D eigenvalue weighted by molar-refractivity contribution is 0.209. The van der Waals surface area contributed by atoms with E-state index in [2.05, 4.69) is 21.9 Å². The molecule has 45 heavy (non-hydrogen) atoms. The molecule has 2 N–H and O–H groups in total. The van der Waals surface area contributed by atoms with Crippen molar-refractivity contribution in [2.75, 3.05) is 49.1 Å². The van der Waals surface area contributed by atoms with Crippen LogP contribution in [-0.4, -0.2) is 70.1 Å². The summed E-state index contributed by atoms with van der Waals surface area (Å²) in [5.41, 5.74) is 11.3. The normalized spacial score (nSPS) is 22.0.